The Kier molecular flexibility index (Phi) is 3.33. The lowest BCUT2D eigenvalue weighted by atomic mass is 9.93. The van der Waals surface area contributed by atoms with Crippen molar-refractivity contribution in [3.8, 4) is 0 Å². The number of hydrogen-bond donors (Lipinski definition) is 1. The molecular weight excluding hydrogens is 261 g/mol. The Morgan fingerprint density at radius 1 is 1.50 bits per heavy atom. The normalized spacial score (nSPS) is 28.7. The van der Waals surface area contributed by atoms with Gasteiger partial charge in [0.05, 0.1) is 16.7 Å². The number of fused-ring (bicyclic) bond motifs is 1. The van der Waals surface area contributed by atoms with Gasteiger partial charge in [0.2, 0.25) is 0 Å². The minimum atomic E-state index is -0.563. The highest BCUT2D eigenvalue weighted by Crippen LogP contribution is 2.38. The molecule has 1 N–H and O–H groups in total. The van der Waals surface area contributed by atoms with Crippen molar-refractivity contribution in [2.45, 2.75) is 19.4 Å². The summed E-state index contributed by atoms with van der Waals surface area (Å²) in [5.74, 6) is 0.606. The highest BCUT2D eigenvalue weighted by Gasteiger charge is 2.43. The zero-order chi connectivity index (χ0) is 14.3. The summed E-state index contributed by atoms with van der Waals surface area (Å²) in [5.41, 5.74) is 0.303. The summed E-state index contributed by atoms with van der Waals surface area (Å²) in [4.78, 5) is 12.2. The van der Waals surface area contributed by atoms with Crippen molar-refractivity contribution in [3.63, 3.8) is 0 Å². The topological polar surface area (TPSA) is 58.4 Å². The van der Waals surface area contributed by atoms with E-state index in [0.717, 1.165) is 32.1 Å². The molecule has 2 aliphatic heterocycles. The number of anilines is 1. The van der Waals surface area contributed by atoms with Gasteiger partial charge in [0, 0.05) is 31.7 Å². The summed E-state index contributed by atoms with van der Waals surface area (Å²) in [6.07, 6.45) is 0.958. The lowest BCUT2D eigenvalue weighted by molar-refractivity contribution is -0.385. The zero-order valence-corrected chi connectivity index (χ0v) is 11.4. The average molecular weight is 279 g/mol. The summed E-state index contributed by atoms with van der Waals surface area (Å²) in [6, 6.07) is 4.27. The summed E-state index contributed by atoms with van der Waals surface area (Å²) in [5, 5.41) is 14.1. The van der Waals surface area contributed by atoms with E-state index in [1.165, 1.54) is 6.07 Å². The Morgan fingerprint density at radius 2 is 2.30 bits per heavy atom. The SMILES string of the molecule is CCC1C2CNCC2CN1c1ccc([N+](=O)[O-])cc1F. The highest BCUT2D eigenvalue weighted by molar-refractivity contribution is 5.54. The standard InChI is InChI=1S/C14H18FN3O2/c1-2-13-11-7-16-6-9(11)8-17(13)14-4-3-10(18(19)20)5-12(14)15/h3-5,9,11,13,16H,2,6-8H2,1H3. The van der Waals surface area contributed by atoms with Crippen molar-refractivity contribution in [2.75, 3.05) is 24.5 Å². The fourth-order valence-corrected chi connectivity index (χ4v) is 3.67. The molecular formula is C14H18FN3O2. The van der Waals surface area contributed by atoms with E-state index in [1.807, 2.05) is 0 Å². The molecule has 2 fully saturated rings. The number of nitro groups is 1. The van der Waals surface area contributed by atoms with Gasteiger partial charge in [0.1, 0.15) is 0 Å². The molecule has 0 aromatic heterocycles. The van der Waals surface area contributed by atoms with E-state index in [9.17, 15) is 14.5 Å². The summed E-state index contributed by atoms with van der Waals surface area (Å²) < 4.78 is 14.2. The fourth-order valence-electron chi connectivity index (χ4n) is 3.67. The van der Waals surface area contributed by atoms with Crippen LogP contribution < -0.4 is 10.2 Å². The second-order valence-electron chi connectivity index (χ2n) is 5.60. The molecule has 0 bridgehead atoms. The molecule has 0 amide bonds. The van der Waals surface area contributed by atoms with Gasteiger partial charge in [0.25, 0.3) is 5.69 Å². The maximum Gasteiger partial charge on any atom is 0.272 e. The van der Waals surface area contributed by atoms with Crippen LogP contribution in [0.4, 0.5) is 15.8 Å². The average Bonchev–Trinajstić information content (AvgIpc) is 2.98. The van der Waals surface area contributed by atoms with Gasteiger partial charge in [-0.15, -0.1) is 0 Å². The van der Waals surface area contributed by atoms with Crippen molar-refractivity contribution >= 4 is 11.4 Å². The van der Waals surface area contributed by atoms with Gasteiger partial charge in [-0.1, -0.05) is 6.92 Å². The van der Waals surface area contributed by atoms with E-state index in [2.05, 4.69) is 17.1 Å². The van der Waals surface area contributed by atoms with E-state index >= 15 is 0 Å². The third-order valence-electron chi connectivity index (χ3n) is 4.59. The maximum atomic E-state index is 14.2. The van der Waals surface area contributed by atoms with Crippen LogP contribution >= 0.6 is 0 Å². The number of nitrogens with one attached hydrogen (secondary N) is 1. The van der Waals surface area contributed by atoms with Crippen LogP contribution in [0.5, 0.6) is 0 Å². The quantitative estimate of drug-likeness (QED) is 0.680. The maximum absolute atomic E-state index is 14.2. The van der Waals surface area contributed by atoms with Crippen molar-refractivity contribution in [1.29, 1.82) is 0 Å². The number of halogens is 1. The number of hydrogen-bond acceptors (Lipinski definition) is 4. The summed E-state index contributed by atoms with van der Waals surface area (Å²) in [7, 11) is 0. The van der Waals surface area contributed by atoms with Crippen LogP contribution in [0.2, 0.25) is 0 Å². The van der Waals surface area contributed by atoms with Gasteiger partial charge >= 0.3 is 0 Å². The van der Waals surface area contributed by atoms with Gasteiger partial charge in [-0.3, -0.25) is 10.1 Å². The van der Waals surface area contributed by atoms with Crippen LogP contribution in [0.15, 0.2) is 18.2 Å². The minimum absolute atomic E-state index is 0.194. The van der Waals surface area contributed by atoms with E-state index in [4.69, 9.17) is 0 Å². The van der Waals surface area contributed by atoms with Gasteiger partial charge in [-0.2, -0.15) is 0 Å². The number of nitro benzene ring substituents is 1. The largest absolute Gasteiger partial charge is 0.366 e. The highest BCUT2D eigenvalue weighted by atomic mass is 19.1. The first-order chi connectivity index (χ1) is 9.61. The molecule has 20 heavy (non-hydrogen) atoms. The summed E-state index contributed by atoms with van der Waals surface area (Å²) in [6.45, 7) is 4.90. The number of nitrogens with zero attached hydrogens (tertiary/aromatic N) is 2. The molecule has 108 valence electrons. The third kappa shape index (κ3) is 2.04. The zero-order valence-electron chi connectivity index (χ0n) is 11.4. The molecule has 0 radical (unpaired) electrons. The van der Waals surface area contributed by atoms with E-state index < -0.39 is 10.7 Å². The molecule has 0 saturated carbocycles. The first-order valence-corrected chi connectivity index (χ1v) is 7.03. The monoisotopic (exact) mass is 279 g/mol. The van der Waals surface area contributed by atoms with Crippen molar-refractivity contribution in [2.24, 2.45) is 11.8 Å². The van der Waals surface area contributed by atoms with Crippen molar-refractivity contribution in [3.05, 3.63) is 34.1 Å². The van der Waals surface area contributed by atoms with Crippen LogP contribution in [-0.2, 0) is 0 Å². The second kappa shape index (κ2) is 5.01. The fraction of sp³-hybridized carbons (Fsp3) is 0.571. The van der Waals surface area contributed by atoms with Crippen LogP contribution in [-0.4, -0.2) is 30.6 Å². The van der Waals surface area contributed by atoms with Crippen molar-refractivity contribution < 1.29 is 9.31 Å². The molecule has 1 aromatic rings. The van der Waals surface area contributed by atoms with Gasteiger partial charge in [-0.05, 0) is 24.3 Å². The van der Waals surface area contributed by atoms with E-state index in [-0.39, 0.29) is 5.69 Å². The van der Waals surface area contributed by atoms with Crippen LogP contribution in [0.25, 0.3) is 0 Å². The van der Waals surface area contributed by atoms with Gasteiger partial charge < -0.3 is 10.2 Å². The Bertz CT molecular complexity index is 537. The molecule has 3 unspecified atom stereocenters. The van der Waals surface area contributed by atoms with Crippen LogP contribution in [0, 0.1) is 27.8 Å². The molecule has 6 heteroatoms. The Balaban J connectivity index is 1.91. The van der Waals surface area contributed by atoms with Gasteiger partial charge in [0.15, 0.2) is 5.82 Å². The molecule has 1 aromatic carbocycles. The predicted octanol–water partition coefficient (Wildman–Crippen LogP) is 2.17. The molecule has 3 rings (SSSR count). The lowest BCUT2D eigenvalue weighted by Crippen LogP contribution is -2.35. The number of benzene rings is 1. The smallest absolute Gasteiger partial charge is 0.272 e. The van der Waals surface area contributed by atoms with Gasteiger partial charge in [-0.25, -0.2) is 4.39 Å². The third-order valence-corrected chi connectivity index (χ3v) is 4.59. The molecule has 2 saturated heterocycles. The number of rotatable bonds is 3. The first kappa shape index (κ1) is 13.3. The molecule has 5 nitrogen and oxygen atoms in total. The Labute approximate surface area is 116 Å². The molecule has 0 aliphatic carbocycles. The molecule has 0 spiro atoms. The van der Waals surface area contributed by atoms with Crippen molar-refractivity contribution in [1.82, 2.24) is 5.32 Å². The molecule has 3 atom stereocenters. The predicted molar refractivity (Wildman–Crippen MR) is 74.3 cm³/mol. The minimum Gasteiger partial charge on any atom is -0.366 e. The van der Waals surface area contributed by atoms with Crippen LogP contribution in [0.1, 0.15) is 13.3 Å². The van der Waals surface area contributed by atoms with Crippen LogP contribution in [0.3, 0.4) is 0 Å². The first-order valence-electron chi connectivity index (χ1n) is 7.03. The second-order valence-corrected chi connectivity index (χ2v) is 5.60. The van der Waals surface area contributed by atoms with E-state index in [1.54, 1.807) is 6.07 Å². The molecule has 2 heterocycles. The van der Waals surface area contributed by atoms with E-state index in [0.29, 0.717) is 23.6 Å². The number of non-ortho nitro benzene ring substituents is 1. The summed E-state index contributed by atoms with van der Waals surface area (Å²) >= 11 is 0. The Hall–Kier alpha value is -1.69. The Morgan fingerprint density at radius 3 is 2.95 bits per heavy atom. The molecule has 2 aliphatic rings. The lowest BCUT2D eigenvalue weighted by Gasteiger charge is -2.29.